The molecule has 0 fully saturated rings. The smallest absolute Gasteiger partial charge is 0.120 e. The van der Waals surface area contributed by atoms with Gasteiger partial charge in [-0.3, -0.25) is 4.68 Å². The molecular formula is C10H14N4O. The first-order chi connectivity index (χ1) is 7.36. The van der Waals surface area contributed by atoms with E-state index in [1.54, 1.807) is 17.1 Å². The molecule has 0 aromatic carbocycles. The predicted molar refractivity (Wildman–Crippen MR) is 55.1 cm³/mol. The van der Waals surface area contributed by atoms with E-state index in [-0.39, 0.29) is 6.04 Å². The standard InChI is InChI=1S/C10H14N4O/c1-9(10-3-2-8-15-10)11-4-6-14-7-5-12-13-14/h2-3,5,7-9,11H,4,6H2,1H3. The molecule has 0 bridgehead atoms. The van der Waals surface area contributed by atoms with E-state index in [1.807, 2.05) is 18.3 Å². The van der Waals surface area contributed by atoms with Gasteiger partial charge in [-0.05, 0) is 19.1 Å². The summed E-state index contributed by atoms with van der Waals surface area (Å²) in [5, 5.41) is 11.0. The highest BCUT2D eigenvalue weighted by Crippen LogP contribution is 2.11. The molecule has 0 aliphatic rings. The Morgan fingerprint density at radius 2 is 2.53 bits per heavy atom. The Balaban J connectivity index is 1.74. The maximum atomic E-state index is 5.29. The fourth-order valence-electron chi connectivity index (χ4n) is 1.39. The Kier molecular flexibility index (Phi) is 3.14. The van der Waals surface area contributed by atoms with Gasteiger partial charge in [0.25, 0.3) is 0 Å². The van der Waals surface area contributed by atoms with E-state index in [0.717, 1.165) is 18.8 Å². The van der Waals surface area contributed by atoms with Gasteiger partial charge in [0.05, 0.1) is 25.0 Å². The third-order valence-electron chi connectivity index (χ3n) is 2.23. The molecule has 5 heteroatoms. The van der Waals surface area contributed by atoms with Gasteiger partial charge in [-0.2, -0.15) is 0 Å². The van der Waals surface area contributed by atoms with Gasteiger partial charge in [-0.1, -0.05) is 5.21 Å². The summed E-state index contributed by atoms with van der Waals surface area (Å²) in [6.07, 6.45) is 5.21. The summed E-state index contributed by atoms with van der Waals surface area (Å²) in [5.41, 5.74) is 0. The lowest BCUT2D eigenvalue weighted by Crippen LogP contribution is -2.23. The summed E-state index contributed by atoms with van der Waals surface area (Å²) in [6.45, 7) is 3.72. The molecule has 2 aromatic heterocycles. The van der Waals surface area contributed by atoms with Crippen LogP contribution in [0.25, 0.3) is 0 Å². The first-order valence-corrected chi connectivity index (χ1v) is 4.97. The van der Waals surface area contributed by atoms with Gasteiger partial charge >= 0.3 is 0 Å². The van der Waals surface area contributed by atoms with E-state index in [1.165, 1.54) is 0 Å². The lowest BCUT2D eigenvalue weighted by Gasteiger charge is -2.10. The summed E-state index contributed by atoms with van der Waals surface area (Å²) >= 11 is 0. The van der Waals surface area contributed by atoms with Crippen LogP contribution in [-0.2, 0) is 6.54 Å². The molecule has 15 heavy (non-hydrogen) atoms. The fraction of sp³-hybridized carbons (Fsp3) is 0.400. The maximum Gasteiger partial charge on any atom is 0.120 e. The van der Waals surface area contributed by atoms with Crippen LogP contribution >= 0.6 is 0 Å². The van der Waals surface area contributed by atoms with Crippen LogP contribution < -0.4 is 5.32 Å². The van der Waals surface area contributed by atoms with Crippen LogP contribution in [0.3, 0.4) is 0 Å². The summed E-state index contributed by atoms with van der Waals surface area (Å²) in [5.74, 6) is 0.952. The van der Waals surface area contributed by atoms with E-state index in [4.69, 9.17) is 4.42 Å². The number of hydrogen-bond acceptors (Lipinski definition) is 4. The van der Waals surface area contributed by atoms with Gasteiger partial charge in [0.15, 0.2) is 0 Å². The molecule has 0 aliphatic carbocycles. The van der Waals surface area contributed by atoms with Crippen molar-refractivity contribution in [2.24, 2.45) is 0 Å². The van der Waals surface area contributed by atoms with Gasteiger partial charge in [0.2, 0.25) is 0 Å². The van der Waals surface area contributed by atoms with Crippen molar-refractivity contribution in [1.29, 1.82) is 0 Å². The average Bonchev–Trinajstić information content (AvgIpc) is 2.90. The molecule has 80 valence electrons. The van der Waals surface area contributed by atoms with E-state index in [9.17, 15) is 0 Å². The third kappa shape index (κ3) is 2.66. The van der Waals surface area contributed by atoms with Crippen LogP contribution in [0.5, 0.6) is 0 Å². The Hall–Kier alpha value is -1.62. The van der Waals surface area contributed by atoms with Crippen LogP contribution in [-0.4, -0.2) is 21.5 Å². The van der Waals surface area contributed by atoms with Gasteiger partial charge in [0.1, 0.15) is 5.76 Å². The minimum atomic E-state index is 0.225. The predicted octanol–water partition coefficient (Wildman–Crippen LogP) is 1.22. The summed E-state index contributed by atoms with van der Waals surface area (Å²) in [6, 6.07) is 4.08. The van der Waals surface area contributed by atoms with Gasteiger partial charge < -0.3 is 9.73 Å². The molecule has 0 amide bonds. The molecule has 5 nitrogen and oxygen atoms in total. The highest BCUT2D eigenvalue weighted by Gasteiger charge is 2.06. The molecule has 0 radical (unpaired) electrons. The highest BCUT2D eigenvalue weighted by molar-refractivity contribution is 5.02. The topological polar surface area (TPSA) is 55.9 Å². The van der Waals surface area contributed by atoms with Crippen molar-refractivity contribution >= 4 is 0 Å². The van der Waals surface area contributed by atoms with Crippen molar-refractivity contribution in [2.75, 3.05) is 6.54 Å². The number of aromatic nitrogens is 3. The molecule has 1 unspecified atom stereocenters. The van der Waals surface area contributed by atoms with Crippen LogP contribution in [0.2, 0.25) is 0 Å². The van der Waals surface area contributed by atoms with Gasteiger partial charge in [0, 0.05) is 12.7 Å². The first-order valence-electron chi connectivity index (χ1n) is 4.97. The summed E-state index contributed by atoms with van der Waals surface area (Å²) in [7, 11) is 0. The van der Waals surface area contributed by atoms with Gasteiger partial charge in [-0.15, -0.1) is 5.10 Å². The molecule has 2 aromatic rings. The number of hydrogen-bond donors (Lipinski definition) is 1. The van der Waals surface area contributed by atoms with Crippen molar-refractivity contribution in [3.63, 3.8) is 0 Å². The Bertz CT molecular complexity index is 368. The van der Waals surface area contributed by atoms with Crippen LogP contribution in [0.15, 0.2) is 35.2 Å². The molecule has 1 atom stereocenters. The van der Waals surface area contributed by atoms with Crippen molar-refractivity contribution in [3.05, 3.63) is 36.5 Å². The van der Waals surface area contributed by atoms with Crippen molar-refractivity contribution in [2.45, 2.75) is 19.5 Å². The second-order valence-corrected chi connectivity index (χ2v) is 3.36. The lowest BCUT2D eigenvalue weighted by molar-refractivity contribution is 0.417. The average molecular weight is 206 g/mol. The molecule has 1 N–H and O–H groups in total. The second kappa shape index (κ2) is 4.75. The molecule has 0 saturated heterocycles. The zero-order valence-electron chi connectivity index (χ0n) is 8.63. The first kappa shape index (κ1) is 9.92. The van der Waals surface area contributed by atoms with Crippen molar-refractivity contribution < 1.29 is 4.42 Å². The number of nitrogens with one attached hydrogen (secondary N) is 1. The normalized spacial score (nSPS) is 12.9. The molecule has 2 rings (SSSR count). The lowest BCUT2D eigenvalue weighted by atomic mass is 10.2. The van der Waals surface area contributed by atoms with Crippen molar-refractivity contribution in [3.8, 4) is 0 Å². The summed E-state index contributed by atoms with van der Waals surface area (Å²) in [4.78, 5) is 0. The molecule has 0 spiro atoms. The van der Waals surface area contributed by atoms with E-state index in [0.29, 0.717) is 0 Å². The zero-order valence-corrected chi connectivity index (χ0v) is 8.63. The minimum Gasteiger partial charge on any atom is -0.468 e. The highest BCUT2D eigenvalue weighted by atomic mass is 16.3. The van der Waals surface area contributed by atoms with Crippen molar-refractivity contribution in [1.82, 2.24) is 20.3 Å². The minimum absolute atomic E-state index is 0.225. The second-order valence-electron chi connectivity index (χ2n) is 3.36. The Labute approximate surface area is 88.1 Å². The third-order valence-corrected chi connectivity index (χ3v) is 2.23. The van der Waals surface area contributed by atoms with E-state index in [2.05, 4.69) is 22.6 Å². The van der Waals surface area contributed by atoms with Crippen LogP contribution in [0, 0.1) is 0 Å². The largest absolute Gasteiger partial charge is 0.468 e. The number of nitrogens with zero attached hydrogens (tertiary/aromatic N) is 3. The van der Waals surface area contributed by atoms with E-state index >= 15 is 0 Å². The zero-order chi connectivity index (χ0) is 10.5. The molecular weight excluding hydrogens is 192 g/mol. The Morgan fingerprint density at radius 1 is 1.60 bits per heavy atom. The molecule has 2 heterocycles. The molecule has 0 saturated carbocycles. The SMILES string of the molecule is CC(NCCn1ccnn1)c1ccco1. The quantitative estimate of drug-likeness (QED) is 0.799. The van der Waals surface area contributed by atoms with E-state index < -0.39 is 0 Å². The maximum absolute atomic E-state index is 5.29. The fourth-order valence-corrected chi connectivity index (χ4v) is 1.39. The monoisotopic (exact) mass is 206 g/mol. The number of rotatable bonds is 5. The summed E-state index contributed by atoms with van der Waals surface area (Å²) < 4.78 is 7.08. The van der Waals surface area contributed by atoms with Crippen LogP contribution in [0.1, 0.15) is 18.7 Å². The molecule has 0 aliphatic heterocycles. The van der Waals surface area contributed by atoms with Crippen LogP contribution in [0.4, 0.5) is 0 Å². The Morgan fingerprint density at radius 3 is 3.20 bits per heavy atom. The number of furan rings is 1. The van der Waals surface area contributed by atoms with Gasteiger partial charge in [-0.25, -0.2) is 0 Å².